The number of aryl methyl sites for hydroxylation is 2. The van der Waals surface area contributed by atoms with Crippen LogP contribution in [0.3, 0.4) is 0 Å². The molecule has 0 fully saturated rings. The number of hydrogen-bond donors (Lipinski definition) is 1. The highest BCUT2D eigenvalue weighted by atomic mass is 14.6. The Hall–Kier alpha value is -1.60. The van der Waals surface area contributed by atoms with Crippen molar-refractivity contribution in [2.75, 3.05) is 0 Å². The summed E-state index contributed by atoms with van der Waals surface area (Å²) < 4.78 is 0. The summed E-state index contributed by atoms with van der Waals surface area (Å²) in [4.78, 5) is 0. The molecule has 2 N–H and O–H groups in total. The van der Waals surface area contributed by atoms with Crippen molar-refractivity contribution >= 4 is 0 Å². The zero-order chi connectivity index (χ0) is 13.7. The highest BCUT2D eigenvalue weighted by Crippen LogP contribution is 2.21. The van der Waals surface area contributed by atoms with Crippen molar-refractivity contribution < 1.29 is 0 Å². The van der Waals surface area contributed by atoms with Crippen LogP contribution in [-0.2, 0) is 12.8 Å². The summed E-state index contributed by atoms with van der Waals surface area (Å²) in [6.45, 7) is 4.37. The maximum Gasteiger partial charge on any atom is 0.0551 e. The van der Waals surface area contributed by atoms with Crippen LogP contribution in [0.4, 0.5) is 0 Å². The van der Waals surface area contributed by atoms with E-state index >= 15 is 0 Å². The Labute approximate surface area is 116 Å². The molecule has 1 unspecified atom stereocenters. The Morgan fingerprint density at radius 3 is 2.26 bits per heavy atom. The van der Waals surface area contributed by atoms with E-state index < -0.39 is 0 Å². The zero-order valence-electron chi connectivity index (χ0n) is 11.9. The third-order valence-corrected chi connectivity index (χ3v) is 3.60. The highest BCUT2D eigenvalue weighted by molar-refractivity contribution is 5.35. The Morgan fingerprint density at radius 2 is 1.63 bits per heavy atom. The summed E-state index contributed by atoms with van der Waals surface area (Å²) in [6, 6.07) is 17.3. The molecule has 1 heteroatoms. The van der Waals surface area contributed by atoms with Crippen LogP contribution >= 0.6 is 0 Å². The van der Waals surface area contributed by atoms with E-state index in [0.717, 1.165) is 12.8 Å². The summed E-state index contributed by atoms with van der Waals surface area (Å²) >= 11 is 0. The molecule has 0 radical (unpaired) electrons. The molecular formula is C18H23N. The Bertz CT molecular complexity index is 513. The van der Waals surface area contributed by atoms with E-state index in [-0.39, 0.29) is 6.04 Å². The monoisotopic (exact) mass is 253 g/mol. The number of hydrogen-bond acceptors (Lipinski definition) is 1. The average Bonchev–Trinajstić information content (AvgIpc) is 2.47. The van der Waals surface area contributed by atoms with Gasteiger partial charge < -0.3 is 5.73 Å². The minimum Gasteiger partial charge on any atom is -0.320 e. The number of benzene rings is 2. The van der Waals surface area contributed by atoms with Gasteiger partial charge >= 0.3 is 0 Å². The van der Waals surface area contributed by atoms with Gasteiger partial charge in [0.05, 0.1) is 6.04 Å². The van der Waals surface area contributed by atoms with Crippen LogP contribution in [-0.4, -0.2) is 0 Å². The van der Waals surface area contributed by atoms with E-state index in [1.165, 1.54) is 28.7 Å². The second-order valence-corrected chi connectivity index (χ2v) is 5.07. The van der Waals surface area contributed by atoms with Crippen LogP contribution in [0.15, 0.2) is 48.5 Å². The van der Waals surface area contributed by atoms with Crippen molar-refractivity contribution in [1.82, 2.24) is 0 Å². The van der Waals surface area contributed by atoms with Gasteiger partial charge in [-0.05, 0) is 35.1 Å². The third kappa shape index (κ3) is 3.45. The van der Waals surface area contributed by atoms with Crippen LogP contribution in [0.25, 0.3) is 0 Å². The molecule has 0 saturated heterocycles. The van der Waals surface area contributed by atoms with Crippen LogP contribution in [0.5, 0.6) is 0 Å². The minimum atomic E-state index is -0.0253. The molecule has 2 aromatic rings. The maximum atomic E-state index is 6.37. The SMILES string of the molecule is CCCc1cccc(C(N)c2ccc(CC)cc2)c1. The van der Waals surface area contributed by atoms with Crippen molar-refractivity contribution in [2.45, 2.75) is 39.2 Å². The summed E-state index contributed by atoms with van der Waals surface area (Å²) in [7, 11) is 0. The predicted octanol–water partition coefficient (Wildman–Crippen LogP) is 4.25. The quantitative estimate of drug-likeness (QED) is 0.847. The number of rotatable bonds is 5. The number of nitrogens with two attached hydrogens (primary N) is 1. The lowest BCUT2D eigenvalue weighted by molar-refractivity contribution is 0.857. The zero-order valence-corrected chi connectivity index (χ0v) is 11.9. The minimum absolute atomic E-state index is 0.0253. The van der Waals surface area contributed by atoms with Crippen molar-refractivity contribution in [3.63, 3.8) is 0 Å². The smallest absolute Gasteiger partial charge is 0.0551 e. The standard InChI is InChI=1S/C18H23N/c1-3-6-15-7-5-8-17(13-15)18(19)16-11-9-14(4-2)10-12-16/h5,7-13,18H,3-4,6,19H2,1-2H3. The lowest BCUT2D eigenvalue weighted by atomic mass is 9.96. The van der Waals surface area contributed by atoms with Crippen LogP contribution < -0.4 is 5.73 Å². The summed E-state index contributed by atoms with van der Waals surface area (Å²) in [5.74, 6) is 0. The van der Waals surface area contributed by atoms with Crippen LogP contribution in [0.2, 0.25) is 0 Å². The van der Waals surface area contributed by atoms with Gasteiger partial charge in [-0.3, -0.25) is 0 Å². The lowest BCUT2D eigenvalue weighted by Crippen LogP contribution is -2.12. The second-order valence-electron chi connectivity index (χ2n) is 5.07. The van der Waals surface area contributed by atoms with E-state index in [1.807, 2.05) is 0 Å². The lowest BCUT2D eigenvalue weighted by Gasteiger charge is -2.14. The molecule has 0 amide bonds. The molecule has 0 spiro atoms. The summed E-state index contributed by atoms with van der Waals surface area (Å²) in [5.41, 5.74) is 11.5. The molecule has 0 saturated carbocycles. The van der Waals surface area contributed by atoms with E-state index in [9.17, 15) is 0 Å². The Morgan fingerprint density at radius 1 is 0.895 bits per heavy atom. The van der Waals surface area contributed by atoms with Crippen molar-refractivity contribution in [3.05, 3.63) is 70.8 Å². The topological polar surface area (TPSA) is 26.0 Å². The summed E-state index contributed by atoms with van der Waals surface area (Å²) in [5, 5.41) is 0. The van der Waals surface area contributed by atoms with Gasteiger partial charge in [0, 0.05) is 0 Å². The molecule has 0 heterocycles. The average molecular weight is 253 g/mol. The molecule has 19 heavy (non-hydrogen) atoms. The fourth-order valence-electron chi connectivity index (χ4n) is 2.38. The maximum absolute atomic E-state index is 6.37. The molecular weight excluding hydrogens is 230 g/mol. The molecule has 0 aromatic heterocycles. The Balaban J connectivity index is 2.22. The van der Waals surface area contributed by atoms with Crippen molar-refractivity contribution in [3.8, 4) is 0 Å². The van der Waals surface area contributed by atoms with E-state index in [0.29, 0.717) is 0 Å². The second kappa shape index (κ2) is 6.53. The fourth-order valence-corrected chi connectivity index (χ4v) is 2.38. The predicted molar refractivity (Wildman–Crippen MR) is 82.3 cm³/mol. The van der Waals surface area contributed by atoms with E-state index in [4.69, 9.17) is 5.73 Å². The van der Waals surface area contributed by atoms with Gasteiger partial charge in [-0.1, -0.05) is 68.8 Å². The largest absolute Gasteiger partial charge is 0.320 e. The molecule has 2 rings (SSSR count). The normalized spacial score (nSPS) is 12.4. The van der Waals surface area contributed by atoms with E-state index in [1.54, 1.807) is 0 Å². The van der Waals surface area contributed by atoms with E-state index in [2.05, 4.69) is 62.4 Å². The van der Waals surface area contributed by atoms with Crippen LogP contribution in [0, 0.1) is 0 Å². The van der Waals surface area contributed by atoms with Gasteiger partial charge in [0.2, 0.25) is 0 Å². The van der Waals surface area contributed by atoms with Crippen LogP contribution in [0.1, 0.15) is 48.6 Å². The fraction of sp³-hybridized carbons (Fsp3) is 0.333. The van der Waals surface area contributed by atoms with Gasteiger partial charge in [0.25, 0.3) is 0 Å². The molecule has 100 valence electrons. The molecule has 1 atom stereocenters. The van der Waals surface area contributed by atoms with Gasteiger partial charge in [-0.15, -0.1) is 0 Å². The molecule has 0 aliphatic rings. The molecule has 0 bridgehead atoms. The Kier molecular flexibility index (Phi) is 4.75. The van der Waals surface area contributed by atoms with Crippen molar-refractivity contribution in [1.29, 1.82) is 0 Å². The van der Waals surface area contributed by atoms with Crippen molar-refractivity contribution in [2.24, 2.45) is 5.73 Å². The van der Waals surface area contributed by atoms with Gasteiger partial charge in [0.15, 0.2) is 0 Å². The van der Waals surface area contributed by atoms with Gasteiger partial charge in [0.1, 0.15) is 0 Å². The molecule has 1 nitrogen and oxygen atoms in total. The molecule has 0 aliphatic carbocycles. The molecule has 2 aromatic carbocycles. The van der Waals surface area contributed by atoms with Gasteiger partial charge in [-0.2, -0.15) is 0 Å². The molecule has 0 aliphatic heterocycles. The third-order valence-electron chi connectivity index (χ3n) is 3.60. The first-order valence-corrected chi connectivity index (χ1v) is 7.17. The first kappa shape index (κ1) is 13.8. The van der Waals surface area contributed by atoms with Gasteiger partial charge in [-0.25, -0.2) is 0 Å². The first-order valence-electron chi connectivity index (χ1n) is 7.17. The summed E-state index contributed by atoms with van der Waals surface area (Å²) in [6.07, 6.45) is 3.36. The first-order chi connectivity index (χ1) is 9.24. The highest BCUT2D eigenvalue weighted by Gasteiger charge is 2.09.